The number of phenols is 1. The first-order chi connectivity index (χ1) is 12.4. The number of hydrogen-bond donors (Lipinski definition) is 2. The van der Waals surface area contributed by atoms with Crippen LogP contribution in [0.15, 0.2) is 47.4 Å². The van der Waals surface area contributed by atoms with Crippen molar-refractivity contribution in [3.63, 3.8) is 0 Å². The first-order valence-electron chi connectivity index (χ1n) is 7.86. The van der Waals surface area contributed by atoms with Crippen LogP contribution in [0, 0.1) is 5.82 Å². The molecule has 0 saturated carbocycles. The number of carbonyl (C=O) groups is 1. The molecule has 0 atom stereocenters. The van der Waals surface area contributed by atoms with Crippen LogP contribution in [0.5, 0.6) is 5.75 Å². The summed E-state index contributed by atoms with van der Waals surface area (Å²) in [5.41, 5.74) is 0.126. The molecule has 1 saturated heterocycles. The Bertz CT molecular complexity index is 927. The van der Waals surface area contributed by atoms with Crippen molar-refractivity contribution in [2.75, 3.05) is 31.6 Å². The lowest BCUT2D eigenvalue weighted by atomic mass is 10.2. The zero-order chi connectivity index (χ0) is 18.7. The SMILES string of the molecule is O=C(Nc1ccccc1O)c1ccc(F)c(S(=O)(=O)N2CCOCC2)c1. The number of phenolic OH excluding ortho intramolecular Hbond substituents is 1. The monoisotopic (exact) mass is 380 g/mol. The Labute approximate surface area is 150 Å². The molecule has 0 spiro atoms. The highest BCUT2D eigenvalue weighted by Crippen LogP contribution is 2.25. The van der Waals surface area contributed by atoms with Gasteiger partial charge in [-0.15, -0.1) is 0 Å². The molecule has 2 aromatic carbocycles. The minimum atomic E-state index is -4.08. The molecule has 26 heavy (non-hydrogen) atoms. The van der Waals surface area contributed by atoms with Gasteiger partial charge in [0.05, 0.1) is 18.9 Å². The Morgan fingerprint density at radius 1 is 1.15 bits per heavy atom. The molecule has 0 aromatic heterocycles. The van der Waals surface area contributed by atoms with Crippen LogP contribution in [0.3, 0.4) is 0 Å². The first-order valence-corrected chi connectivity index (χ1v) is 9.30. The number of hydrogen-bond acceptors (Lipinski definition) is 5. The van der Waals surface area contributed by atoms with Crippen LogP contribution < -0.4 is 5.32 Å². The Balaban J connectivity index is 1.90. The summed E-state index contributed by atoms with van der Waals surface area (Å²) in [4.78, 5) is 11.8. The normalized spacial score (nSPS) is 15.6. The fraction of sp³-hybridized carbons (Fsp3) is 0.235. The molecular formula is C17H17FN2O5S. The predicted octanol–water partition coefficient (Wildman–Crippen LogP) is 1.80. The Morgan fingerprint density at radius 2 is 1.85 bits per heavy atom. The lowest BCUT2D eigenvalue weighted by Gasteiger charge is -2.26. The molecule has 7 nitrogen and oxygen atoms in total. The van der Waals surface area contributed by atoms with Crippen molar-refractivity contribution in [3.05, 3.63) is 53.8 Å². The molecule has 1 heterocycles. The number of ether oxygens (including phenoxy) is 1. The molecule has 138 valence electrons. The average Bonchev–Trinajstić information content (AvgIpc) is 2.64. The molecule has 1 fully saturated rings. The van der Waals surface area contributed by atoms with Gasteiger partial charge in [-0.1, -0.05) is 12.1 Å². The number of para-hydroxylation sites is 2. The molecule has 2 aromatic rings. The van der Waals surface area contributed by atoms with E-state index in [1.54, 1.807) is 12.1 Å². The zero-order valence-corrected chi connectivity index (χ0v) is 14.5. The fourth-order valence-corrected chi connectivity index (χ4v) is 4.04. The third-order valence-electron chi connectivity index (χ3n) is 3.93. The number of morpholine rings is 1. The van der Waals surface area contributed by atoms with Crippen molar-refractivity contribution in [3.8, 4) is 5.75 Å². The maximum atomic E-state index is 14.2. The number of rotatable bonds is 4. The number of sulfonamides is 1. The molecule has 1 amide bonds. The van der Waals surface area contributed by atoms with Crippen LogP contribution >= 0.6 is 0 Å². The fourth-order valence-electron chi connectivity index (χ4n) is 2.54. The zero-order valence-electron chi connectivity index (χ0n) is 13.7. The summed E-state index contributed by atoms with van der Waals surface area (Å²) in [5.74, 6) is -1.73. The largest absolute Gasteiger partial charge is 0.506 e. The highest BCUT2D eigenvalue weighted by Gasteiger charge is 2.29. The average molecular weight is 380 g/mol. The van der Waals surface area contributed by atoms with Gasteiger partial charge in [-0.25, -0.2) is 12.8 Å². The molecule has 2 N–H and O–H groups in total. The molecule has 1 aliphatic rings. The van der Waals surface area contributed by atoms with E-state index in [-0.39, 0.29) is 43.3 Å². The van der Waals surface area contributed by atoms with E-state index >= 15 is 0 Å². The summed E-state index contributed by atoms with van der Waals surface area (Å²) in [6.07, 6.45) is 0. The maximum absolute atomic E-state index is 14.2. The van der Waals surface area contributed by atoms with Crippen molar-refractivity contribution in [1.82, 2.24) is 4.31 Å². The number of halogens is 1. The van der Waals surface area contributed by atoms with Gasteiger partial charge in [-0.05, 0) is 30.3 Å². The van der Waals surface area contributed by atoms with Gasteiger partial charge in [0.25, 0.3) is 5.91 Å². The number of nitrogens with zero attached hydrogens (tertiary/aromatic N) is 1. The molecule has 0 radical (unpaired) electrons. The van der Waals surface area contributed by atoms with Gasteiger partial charge in [0, 0.05) is 18.7 Å². The van der Waals surface area contributed by atoms with Gasteiger partial charge in [0.1, 0.15) is 16.5 Å². The van der Waals surface area contributed by atoms with Crippen LogP contribution in [0.1, 0.15) is 10.4 Å². The van der Waals surface area contributed by atoms with Crippen molar-refractivity contribution in [2.24, 2.45) is 0 Å². The van der Waals surface area contributed by atoms with E-state index in [2.05, 4.69) is 5.32 Å². The molecular weight excluding hydrogens is 363 g/mol. The predicted molar refractivity (Wildman–Crippen MR) is 92.0 cm³/mol. The minimum absolute atomic E-state index is 0.0403. The van der Waals surface area contributed by atoms with Crippen molar-refractivity contribution in [1.29, 1.82) is 0 Å². The first kappa shape index (κ1) is 18.3. The summed E-state index contributed by atoms with van der Waals surface area (Å²) in [5, 5.41) is 12.2. The van der Waals surface area contributed by atoms with E-state index < -0.39 is 26.6 Å². The molecule has 3 rings (SSSR count). The molecule has 0 bridgehead atoms. The highest BCUT2D eigenvalue weighted by molar-refractivity contribution is 7.89. The summed E-state index contributed by atoms with van der Waals surface area (Å²) in [6, 6.07) is 9.21. The smallest absolute Gasteiger partial charge is 0.255 e. The summed E-state index contributed by atoms with van der Waals surface area (Å²) < 4.78 is 45.7. The number of anilines is 1. The summed E-state index contributed by atoms with van der Waals surface area (Å²) in [6.45, 7) is 0.703. The van der Waals surface area contributed by atoms with E-state index in [9.17, 15) is 22.7 Å². The summed E-state index contributed by atoms with van der Waals surface area (Å²) >= 11 is 0. The van der Waals surface area contributed by atoms with E-state index in [0.717, 1.165) is 16.4 Å². The van der Waals surface area contributed by atoms with Crippen molar-refractivity contribution in [2.45, 2.75) is 4.90 Å². The number of aromatic hydroxyl groups is 1. The number of benzene rings is 2. The maximum Gasteiger partial charge on any atom is 0.255 e. The van der Waals surface area contributed by atoms with Gasteiger partial charge in [0.15, 0.2) is 0 Å². The quantitative estimate of drug-likeness (QED) is 0.789. The van der Waals surface area contributed by atoms with Crippen LogP contribution in [0.4, 0.5) is 10.1 Å². The van der Waals surface area contributed by atoms with E-state index in [0.29, 0.717) is 0 Å². The lowest BCUT2D eigenvalue weighted by Crippen LogP contribution is -2.41. The molecule has 9 heteroatoms. The van der Waals surface area contributed by atoms with Gasteiger partial charge < -0.3 is 15.2 Å². The van der Waals surface area contributed by atoms with Gasteiger partial charge in [0.2, 0.25) is 10.0 Å². The number of amides is 1. The molecule has 0 unspecified atom stereocenters. The van der Waals surface area contributed by atoms with Gasteiger partial charge >= 0.3 is 0 Å². The number of carbonyl (C=O) groups excluding carboxylic acids is 1. The second-order valence-electron chi connectivity index (χ2n) is 5.63. The third kappa shape index (κ3) is 3.69. The van der Waals surface area contributed by atoms with E-state index in [1.165, 1.54) is 18.2 Å². The van der Waals surface area contributed by atoms with Gasteiger partial charge in [-0.3, -0.25) is 4.79 Å². The van der Waals surface area contributed by atoms with Crippen molar-refractivity contribution < 1.29 is 27.4 Å². The number of nitrogens with one attached hydrogen (secondary N) is 1. The Hall–Kier alpha value is -2.49. The van der Waals surface area contributed by atoms with Crippen LogP contribution in [0.25, 0.3) is 0 Å². The highest BCUT2D eigenvalue weighted by atomic mass is 32.2. The van der Waals surface area contributed by atoms with Crippen LogP contribution in [0.2, 0.25) is 0 Å². The van der Waals surface area contributed by atoms with Gasteiger partial charge in [-0.2, -0.15) is 4.31 Å². The standard InChI is InChI=1S/C17H17FN2O5S/c18-13-6-5-12(17(22)19-14-3-1-2-4-15(14)21)11-16(13)26(23,24)20-7-9-25-10-8-20/h1-6,11,21H,7-10H2,(H,19,22). The lowest BCUT2D eigenvalue weighted by molar-refractivity contribution is 0.0729. The second kappa shape index (κ2) is 7.40. The third-order valence-corrected chi connectivity index (χ3v) is 5.85. The topological polar surface area (TPSA) is 95.9 Å². The second-order valence-corrected chi connectivity index (χ2v) is 7.54. The van der Waals surface area contributed by atoms with Crippen LogP contribution in [-0.2, 0) is 14.8 Å². The summed E-state index contributed by atoms with van der Waals surface area (Å²) in [7, 11) is -4.08. The molecule has 1 aliphatic heterocycles. The Morgan fingerprint density at radius 3 is 2.54 bits per heavy atom. The minimum Gasteiger partial charge on any atom is -0.506 e. The van der Waals surface area contributed by atoms with Crippen molar-refractivity contribution >= 4 is 21.6 Å². The Kier molecular flexibility index (Phi) is 5.21. The van der Waals surface area contributed by atoms with Crippen LogP contribution in [-0.4, -0.2) is 50.0 Å². The molecule has 0 aliphatic carbocycles. The van der Waals surface area contributed by atoms with E-state index in [1.807, 2.05) is 0 Å². The van der Waals surface area contributed by atoms with E-state index in [4.69, 9.17) is 4.74 Å².